The van der Waals surface area contributed by atoms with Gasteiger partial charge in [-0.05, 0) is 50.2 Å². The van der Waals surface area contributed by atoms with Crippen molar-refractivity contribution >= 4 is 16.0 Å². The van der Waals surface area contributed by atoms with Gasteiger partial charge in [-0.15, -0.1) is 0 Å². The average Bonchev–Trinajstić information content (AvgIpc) is 3.15. The lowest BCUT2D eigenvalue weighted by atomic mass is 9.99. The van der Waals surface area contributed by atoms with Gasteiger partial charge in [0.25, 0.3) is 0 Å². The molecule has 0 fully saturated rings. The number of hydrogen-bond acceptors (Lipinski definition) is 5. The third-order valence-corrected chi connectivity index (χ3v) is 6.33. The van der Waals surface area contributed by atoms with E-state index in [1.165, 1.54) is 31.9 Å². The van der Waals surface area contributed by atoms with Crippen LogP contribution in [0.1, 0.15) is 38.5 Å². The molecule has 0 spiro atoms. The number of rotatable bonds is 12. The smallest absolute Gasteiger partial charge is 0.303 e. The van der Waals surface area contributed by atoms with Crippen LogP contribution in [0.4, 0.5) is 0 Å². The van der Waals surface area contributed by atoms with Crippen molar-refractivity contribution in [2.75, 3.05) is 20.8 Å². The van der Waals surface area contributed by atoms with Crippen molar-refractivity contribution in [1.82, 2.24) is 4.72 Å². The quantitative estimate of drug-likeness (QED) is 0.394. The van der Waals surface area contributed by atoms with E-state index in [2.05, 4.69) is 10.8 Å². The zero-order chi connectivity index (χ0) is 21.3. The van der Waals surface area contributed by atoms with Crippen LogP contribution < -0.4 is 14.2 Å². The molecule has 1 aliphatic carbocycles. The molecule has 7 nitrogen and oxygen atoms in total. The lowest BCUT2D eigenvalue weighted by Gasteiger charge is -2.16. The van der Waals surface area contributed by atoms with Crippen molar-refractivity contribution < 1.29 is 27.8 Å². The molecule has 0 saturated heterocycles. The summed E-state index contributed by atoms with van der Waals surface area (Å²) in [5.74, 6) is 0.222. The Hall–Kier alpha value is -2.32. The Morgan fingerprint density at radius 2 is 2.00 bits per heavy atom. The molecule has 1 aliphatic rings. The summed E-state index contributed by atoms with van der Waals surface area (Å²) < 4.78 is 38.4. The van der Waals surface area contributed by atoms with E-state index in [0.717, 1.165) is 25.7 Å². The first-order chi connectivity index (χ1) is 13.9. The van der Waals surface area contributed by atoms with Gasteiger partial charge in [0.15, 0.2) is 11.5 Å². The van der Waals surface area contributed by atoms with Crippen molar-refractivity contribution in [3.05, 3.63) is 42.0 Å². The van der Waals surface area contributed by atoms with E-state index in [1.807, 2.05) is 12.2 Å². The van der Waals surface area contributed by atoms with Gasteiger partial charge in [-0.2, -0.15) is 0 Å². The highest BCUT2D eigenvalue weighted by molar-refractivity contribution is 7.89. The number of carboxylic acids is 1. The summed E-state index contributed by atoms with van der Waals surface area (Å²) in [6.07, 6.45) is 10.3. The second-order valence-electron chi connectivity index (χ2n) is 6.88. The fourth-order valence-electron chi connectivity index (χ4n) is 3.29. The highest BCUT2D eigenvalue weighted by Gasteiger charge is 2.22. The first-order valence-corrected chi connectivity index (χ1v) is 11.1. The Morgan fingerprint density at radius 1 is 1.24 bits per heavy atom. The molecule has 1 atom stereocenters. The summed E-state index contributed by atoms with van der Waals surface area (Å²) in [5, 5.41) is 8.64. The largest absolute Gasteiger partial charge is 0.493 e. The third-order valence-electron chi connectivity index (χ3n) is 4.91. The molecule has 0 amide bonds. The van der Waals surface area contributed by atoms with Gasteiger partial charge in [0.2, 0.25) is 10.0 Å². The van der Waals surface area contributed by atoms with E-state index < -0.39 is 16.0 Å². The van der Waals surface area contributed by atoms with Crippen molar-refractivity contribution in [2.24, 2.45) is 5.92 Å². The number of aliphatic carboxylic acids is 1. The summed E-state index contributed by atoms with van der Waals surface area (Å²) in [6, 6.07) is 4.52. The maximum absolute atomic E-state index is 12.7. The molecule has 8 heteroatoms. The number of benzene rings is 1. The van der Waals surface area contributed by atoms with Crippen molar-refractivity contribution in [3.8, 4) is 11.5 Å². The molecule has 0 saturated carbocycles. The molecular weight excluding hydrogens is 394 g/mol. The molecule has 0 aliphatic heterocycles. The summed E-state index contributed by atoms with van der Waals surface area (Å²) in [4.78, 5) is 10.6. The molecule has 2 N–H and O–H groups in total. The van der Waals surface area contributed by atoms with E-state index in [-0.39, 0.29) is 17.2 Å². The van der Waals surface area contributed by atoms with Gasteiger partial charge in [-0.1, -0.05) is 23.8 Å². The minimum absolute atomic E-state index is 0.136. The molecule has 1 aromatic carbocycles. The second kappa shape index (κ2) is 11.0. The number of ether oxygens (including phenoxy) is 2. The third kappa shape index (κ3) is 6.90. The van der Waals surface area contributed by atoms with Gasteiger partial charge in [0.1, 0.15) is 0 Å². The molecule has 1 aromatic rings. The average molecular weight is 424 g/mol. The van der Waals surface area contributed by atoms with Gasteiger partial charge in [0, 0.05) is 19.0 Å². The number of carbonyl (C=O) groups is 1. The first-order valence-electron chi connectivity index (χ1n) is 9.64. The van der Waals surface area contributed by atoms with E-state index in [0.29, 0.717) is 24.5 Å². The molecule has 0 radical (unpaired) electrons. The zero-order valence-electron chi connectivity index (χ0n) is 16.9. The topological polar surface area (TPSA) is 102 Å². The molecule has 0 heterocycles. The Labute approximate surface area is 172 Å². The van der Waals surface area contributed by atoms with Crippen LogP contribution in [0, 0.1) is 5.92 Å². The highest BCUT2D eigenvalue weighted by atomic mass is 32.2. The summed E-state index contributed by atoms with van der Waals surface area (Å²) in [5.41, 5.74) is 1.22. The Kier molecular flexibility index (Phi) is 8.72. The molecule has 0 aromatic heterocycles. The predicted octanol–water partition coefficient (Wildman–Crippen LogP) is 3.52. The number of allylic oxidation sites excluding steroid dienone is 3. The minimum Gasteiger partial charge on any atom is -0.493 e. The van der Waals surface area contributed by atoms with E-state index in [9.17, 15) is 13.2 Å². The first kappa shape index (κ1) is 23.0. The highest BCUT2D eigenvalue weighted by Crippen LogP contribution is 2.31. The number of sulfonamides is 1. The van der Waals surface area contributed by atoms with Crippen molar-refractivity contribution in [2.45, 2.75) is 43.4 Å². The van der Waals surface area contributed by atoms with Gasteiger partial charge < -0.3 is 14.6 Å². The van der Waals surface area contributed by atoms with Crippen LogP contribution in [0.3, 0.4) is 0 Å². The molecular formula is C21H29NO6S. The number of hydrogen-bond donors (Lipinski definition) is 2. The Bertz CT molecular complexity index is 860. The predicted molar refractivity (Wildman–Crippen MR) is 111 cm³/mol. The van der Waals surface area contributed by atoms with Crippen molar-refractivity contribution in [1.29, 1.82) is 0 Å². The summed E-state index contributed by atoms with van der Waals surface area (Å²) in [7, 11) is -0.692. The van der Waals surface area contributed by atoms with Crippen molar-refractivity contribution in [3.63, 3.8) is 0 Å². The van der Waals surface area contributed by atoms with Gasteiger partial charge >= 0.3 is 5.97 Å². The number of carboxylic acid groups (broad SMARTS) is 1. The number of unbranched alkanes of at least 4 members (excludes halogenated alkanes) is 1. The Morgan fingerprint density at radius 3 is 2.69 bits per heavy atom. The van der Waals surface area contributed by atoms with Crippen LogP contribution in [0.5, 0.6) is 11.5 Å². The molecule has 29 heavy (non-hydrogen) atoms. The standard InChI is InChI=1S/C21H29NO6S/c1-27-19-13-12-18(14-20(19)28-2)29(25,26)22-15-17-10-7-9-16(17)8-5-3-4-6-11-21(23)24/h3,5,9,12-14,17,22H,4,6-8,10-11,15H2,1-2H3,(H,23,24)/b5-3-/t17-/m1/s1. The van der Waals surface area contributed by atoms with Crippen LogP contribution in [0.2, 0.25) is 0 Å². The van der Waals surface area contributed by atoms with E-state index in [1.54, 1.807) is 6.07 Å². The molecule has 0 bridgehead atoms. The monoisotopic (exact) mass is 423 g/mol. The maximum Gasteiger partial charge on any atom is 0.303 e. The zero-order valence-corrected chi connectivity index (χ0v) is 17.7. The van der Waals surface area contributed by atoms with Gasteiger partial charge in [0.05, 0.1) is 19.1 Å². The van der Waals surface area contributed by atoms with Crippen LogP contribution in [0.25, 0.3) is 0 Å². The van der Waals surface area contributed by atoms with Crippen LogP contribution in [0.15, 0.2) is 46.9 Å². The Balaban J connectivity index is 1.90. The minimum atomic E-state index is -3.66. The normalized spacial score (nSPS) is 16.8. The second-order valence-corrected chi connectivity index (χ2v) is 8.65. The number of nitrogens with one attached hydrogen (secondary N) is 1. The van der Waals surface area contributed by atoms with Crippen LogP contribution >= 0.6 is 0 Å². The fourth-order valence-corrected chi connectivity index (χ4v) is 4.39. The van der Waals surface area contributed by atoms with E-state index >= 15 is 0 Å². The lowest BCUT2D eigenvalue weighted by Crippen LogP contribution is -2.29. The maximum atomic E-state index is 12.7. The SMILES string of the molecule is COc1ccc(S(=O)(=O)NC[C@H]2CCC=C2C/C=C\CCCC(=O)O)cc1OC. The van der Waals surface area contributed by atoms with Gasteiger partial charge in [-0.3, -0.25) is 4.79 Å². The van der Waals surface area contributed by atoms with Gasteiger partial charge in [-0.25, -0.2) is 13.1 Å². The van der Waals surface area contributed by atoms with Crippen LogP contribution in [-0.4, -0.2) is 40.3 Å². The van der Waals surface area contributed by atoms with Crippen LogP contribution in [-0.2, 0) is 14.8 Å². The molecule has 0 unspecified atom stereocenters. The summed E-state index contributed by atoms with van der Waals surface area (Å²) >= 11 is 0. The number of methoxy groups -OCH3 is 2. The summed E-state index contributed by atoms with van der Waals surface area (Å²) in [6.45, 7) is 0.343. The fraction of sp³-hybridized carbons (Fsp3) is 0.476. The molecule has 2 rings (SSSR count). The lowest BCUT2D eigenvalue weighted by molar-refractivity contribution is -0.137. The van der Waals surface area contributed by atoms with E-state index in [4.69, 9.17) is 14.6 Å². The molecule has 160 valence electrons.